The van der Waals surface area contributed by atoms with Crippen LogP contribution in [0.3, 0.4) is 0 Å². The Morgan fingerprint density at radius 3 is 2.50 bits per heavy atom. The van der Waals surface area contributed by atoms with E-state index < -0.39 is 0 Å². The number of hydrogen-bond donors (Lipinski definition) is 2. The largest absolute Gasteiger partial charge is 0.353 e. The Balaban J connectivity index is 1.24. The molecule has 3 amide bonds. The Labute approximate surface area is 208 Å². The van der Waals surface area contributed by atoms with Gasteiger partial charge in [-0.05, 0) is 42.0 Å². The summed E-state index contributed by atoms with van der Waals surface area (Å²) in [6.07, 6.45) is 1.74. The fourth-order valence-electron chi connectivity index (χ4n) is 4.16. The maximum absolute atomic E-state index is 12.9. The van der Waals surface area contributed by atoms with Crippen LogP contribution in [0.5, 0.6) is 0 Å². The van der Waals surface area contributed by atoms with Crippen molar-refractivity contribution in [3.8, 4) is 16.9 Å². The van der Waals surface area contributed by atoms with Gasteiger partial charge >= 0.3 is 0 Å². The molecule has 5 rings (SSSR count). The van der Waals surface area contributed by atoms with Crippen LogP contribution < -0.4 is 10.6 Å². The molecule has 0 aliphatic carbocycles. The number of rotatable bonds is 6. The van der Waals surface area contributed by atoms with Gasteiger partial charge in [-0.25, -0.2) is 4.68 Å². The van der Waals surface area contributed by atoms with Crippen molar-refractivity contribution in [2.75, 3.05) is 19.6 Å². The fourth-order valence-corrected chi connectivity index (χ4v) is 4.16. The number of nitrogens with one attached hydrogen (secondary N) is 2. The highest BCUT2D eigenvalue weighted by Crippen LogP contribution is 2.22. The Morgan fingerprint density at radius 2 is 1.72 bits per heavy atom. The summed E-state index contributed by atoms with van der Waals surface area (Å²) in [6, 6.07) is 26.3. The normalized spacial score (nSPS) is 13.2. The van der Waals surface area contributed by atoms with Crippen LogP contribution in [0.15, 0.2) is 91.1 Å². The molecule has 2 heterocycles. The number of nitrogens with zero attached hydrogens (tertiary/aromatic N) is 3. The zero-order chi connectivity index (χ0) is 24.9. The lowest BCUT2D eigenvalue weighted by Crippen LogP contribution is -2.49. The van der Waals surface area contributed by atoms with Crippen molar-refractivity contribution >= 4 is 17.7 Å². The summed E-state index contributed by atoms with van der Waals surface area (Å²) in [7, 11) is 0. The van der Waals surface area contributed by atoms with Gasteiger partial charge in [0.1, 0.15) is 0 Å². The lowest BCUT2D eigenvalue weighted by molar-refractivity contribution is -0.123. The lowest BCUT2D eigenvalue weighted by Gasteiger charge is -2.26. The molecular weight excluding hydrogens is 454 g/mol. The second-order valence-corrected chi connectivity index (χ2v) is 8.50. The molecule has 0 bridgehead atoms. The molecule has 0 spiro atoms. The molecule has 36 heavy (non-hydrogen) atoms. The molecule has 0 atom stereocenters. The van der Waals surface area contributed by atoms with Crippen molar-refractivity contribution in [2.45, 2.75) is 6.54 Å². The lowest BCUT2D eigenvalue weighted by atomic mass is 10.1. The van der Waals surface area contributed by atoms with E-state index in [0.29, 0.717) is 30.8 Å². The number of carbonyl (C=O) groups is 3. The van der Waals surface area contributed by atoms with Gasteiger partial charge in [-0.1, -0.05) is 48.5 Å². The van der Waals surface area contributed by atoms with Crippen LogP contribution in [0.1, 0.15) is 26.3 Å². The Bertz CT molecular complexity index is 1400. The molecule has 180 valence electrons. The zero-order valence-electron chi connectivity index (χ0n) is 19.6. The van der Waals surface area contributed by atoms with E-state index in [9.17, 15) is 14.4 Å². The molecule has 1 aliphatic heterocycles. The van der Waals surface area contributed by atoms with E-state index in [1.54, 1.807) is 24.4 Å². The molecule has 1 saturated heterocycles. The van der Waals surface area contributed by atoms with Gasteiger partial charge in [0.05, 0.1) is 24.1 Å². The predicted molar refractivity (Wildman–Crippen MR) is 136 cm³/mol. The van der Waals surface area contributed by atoms with Crippen LogP contribution in [0.4, 0.5) is 0 Å². The highest BCUT2D eigenvalue weighted by molar-refractivity contribution is 5.97. The van der Waals surface area contributed by atoms with Crippen LogP contribution in [0.25, 0.3) is 16.9 Å². The summed E-state index contributed by atoms with van der Waals surface area (Å²) in [5.74, 6) is -0.530. The van der Waals surface area contributed by atoms with E-state index in [-0.39, 0.29) is 24.3 Å². The first-order valence-electron chi connectivity index (χ1n) is 11.7. The van der Waals surface area contributed by atoms with Crippen LogP contribution in [0, 0.1) is 0 Å². The van der Waals surface area contributed by atoms with Gasteiger partial charge in [-0.3, -0.25) is 14.4 Å². The second kappa shape index (κ2) is 10.3. The number of benzene rings is 3. The molecule has 3 aromatic carbocycles. The van der Waals surface area contributed by atoms with Gasteiger partial charge in [0.15, 0.2) is 0 Å². The Hall–Kier alpha value is -4.72. The van der Waals surface area contributed by atoms with Crippen molar-refractivity contribution in [1.29, 1.82) is 0 Å². The molecule has 8 nitrogen and oxygen atoms in total. The van der Waals surface area contributed by atoms with Crippen molar-refractivity contribution in [3.63, 3.8) is 0 Å². The fraction of sp³-hybridized carbons (Fsp3) is 0.143. The summed E-state index contributed by atoms with van der Waals surface area (Å²) in [5.41, 5.74) is 4.67. The maximum atomic E-state index is 12.9. The van der Waals surface area contributed by atoms with Crippen molar-refractivity contribution < 1.29 is 14.4 Å². The molecule has 8 heteroatoms. The van der Waals surface area contributed by atoms with Crippen LogP contribution >= 0.6 is 0 Å². The van der Waals surface area contributed by atoms with E-state index in [1.807, 2.05) is 71.4 Å². The van der Waals surface area contributed by atoms with Crippen molar-refractivity contribution in [3.05, 3.63) is 108 Å². The average Bonchev–Trinajstić information content (AvgIpc) is 3.42. The summed E-state index contributed by atoms with van der Waals surface area (Å²) in [6.45, 7) is 1.35. The molecule has 0 radical (unpaired) electrons. The Kier molecular flexibility index (Phi) is 6.57. The zero-order valence-corrected chi connectivity index (χ0v) is 19.6. The van der Waals surface area contributed by atoms with Crippen molar-refractivity contribution in [1.82, 2.24) is 25.3 Å². The minimum Gasteiger partial charge on any atom is -0.353 e. The first kappa shape index (κ1) is 23.0. The van der Waals surface area contributed by atoms with E-state index >= 15 is 0 Å². The third kappa shape index (κ3) is 5.02. The standard InChI is InChI=1S/C28H25N5O3/c34-26-19-32(16-15-29-26)28(36)22-11-9-20(10-12-22)18-30-27(35)23-7-4-8-24(17-23)33-25(13-14-31-33)21-5-2-1-3-6-21/h1-14,17H,15-16,18-19H2,(H,29,34)(H,30,35). The molecule has 4 aromatic rings. The van der Waals surface area contributed by atoms with Crippen LogP contribution in [-0.4, -0.2) is 52.0 Å². The monoisotopic (exact) mass is 479 g/mol. The quantitative estimate of drug-likeness (QED) is 0.444. The summed E-state index contributed by atoms with van der Waals surface area (Å²) in [4.78, 5) is 38.6. The number of aromatic nitrogens is 2. The molecule has 0 saturated carbocycles. The molecule has 1 aromatic heterocycles. The molecular formula is C28H25N5O3. The minimum absolute atomic E-state index is 0.0705. The van der Waals surface area contributed by atoms with Crippen LogP contribution in [-0.2, 0) is 11.3 Å². The third-order valence-corrected chi connectivity index (χ3v) is 6.04. The summed E-state index contributed by atoms with van der Waals surface area (Å²) < 4.78 is 1.81. The van der Waals surface area contributed by atoms with Gasteiger partial charge in [-0.15, -0.1) is 0 Å². The molecule has 0 unspecified atom stereocenters. The summed E-state index contributed by atoms with van der Waals surface area (Å²) >= 11 is 0. The topological polar surface area (TPSA) is 96.3 Å². The average molecular weight is 480 g/mol. The molecule has 1 aliphatic rings. The molecule has 2 N–H and O–H groups in total. The summed E-state index contributed by atoms with van der Waals surface area (Å²) in [5, 5.41) is 10.1. The predicted octanol–water partition coefficient (Wildman–Crippen LogP) is 3.04. The van der Waals surface area contributed by atoms with Gasteiger partial charge in [-0.2, -0.15) is 5.10 Å². The van der Waals surface area contributed by atoms with Crippen molar-refractivity contribution in [2.24, 2.45) is 0 Å². The second-order valence-electron chi connectivity index (χ2n) is 8.50. The first-order valence-corrected chi connectivity index (χ1v) is 11.7. The van der Waals surface area contributed by atoms with Gasteiger partial charge in [0.25, 0.3) is 11.8 Å². The highest BCUT2D eigenvalue weighted by atomic mass is 16.2. The highest BCUT2D eigenvalue weighted by Gasteiger charge is 2.22. The van der Waals surface area contributed by atoms with E-state index in [4.69, 9.17) is 0 Å². The van der Waals surface area contributed by atoms with E-state index in [2.05, 4.69) is 15.7 Å². The van der Waals surface area contributed by atoms with E-state index in [1.165, 1.54) is 4.90 Å². The third-order valence-electron chi connectivity index (χ3n) is 6.04. The minimum atomic E-state index is -0.204. The SMILES string of the molecule is O=C1CN(C(=O)c2ccc(CNC(=O)c3cccc(-n4nccc4-c4ccccc4)c3)cc2)CCN1. The number of amides is 3. The number of piperazine rings is 1. The van der Waals surface area contributed by atoms with Crippen LogP contribution in [0.2, 0.25) is 0 Å². The number of hydrogen-bond acceptors (Lipinski definition) is 4. The van der Waals surface area contributed by atoms with Gasteiger partial charge in [0.2, 0.25) is 5.91 Å². The smallest absolute Gasteiger partial charge is 0.254 e. The number of carbonyl (C=O) groups excluding carboxylic acids is 3. The Morgan fingerprint density at radius 1 is 0.917 bits per heavy atom. The molecule has 1 fully saturated rings. The van der Waals surface area contributed by atoms with Gasteiger partial charge in [0, 0.05) is 36.3 Å². The van der Waals surface area contributed by atoms with E-state index in [0.717, 1.165) is 22.5 Å². The maximum Gasteiger partial charge on any atom is 0.254 e. The van der Waals surface area contributed by atoms with Gasteiger partial charge < -0.3 is 15.5 Å². The first-order chi connectivity index (χ1) is 17.6.